The lowest BCUT2D eigenvalue weighted by Gasteiger charge is -2.08. The Kier molecular flexibility index (Phi) is 4.29. The van der Waals surface area contributed by atoms with Crippen LogP contribution in [0, 0.1) is 0 Å². The van der Waals surface area contributed by atoms with E-state index in [9.17, 15) is 4.79 Å². The summed E-state index contributed by atoms with van der Waals surface area (Å²) in [6, 6.07) is 9.69. The Morgan fingerprint density at radius 1 is 1.32 bits per heavy atom. The van der Waals surface area contributed by atoms with Gasteiger partial charge in [0.1, 0.15) is 11.4 Å². The molecule has 112 valence electrons. The Labute approximate surface area is 132 Å². The standard InChI is InChI=1S/C16H15N3O2S/c1-21-13-8-9-17-10-12(13)18-15(20)6-7-16-19-11-4-2-3-5-14(11)22-16/h2-5,8-10H,6-7H2,1H3,(H,18,20). The molecule has 0 unspecified atom stereocenters. The number of carbonyl (C=O) groups excluding carboxylic acids is 1. The highest BCUT2D eigenvalue weighted by atomic mass is 32.1. The molecule has 0 spiro atoms. The number of amides is 1. The van der Waals surface area contributed by atoms with E-state index in [0.717, 1.165) is 15.2 Å². The summed E-state index contributed by atoms with van der Waals surface area (Å²) in [7, 11) is 1.56. The van der Waals surface area contributed by atoms with Gasteiger partial charge in [-0.2, -0.15) is 0 Å². The number of hydrogen-bond donors (Lipinski definition) is 1. The van der Waals surface area contributed by atoms with Crippen LogP contribution in [0.15, 0.2) is 42.7 Å². The molecule has 3 aromatic rings. The Hall–Kier alpha value is -2.47. The summed E-state index contributed by atoms with van der Waals surface area (Å²) in [5.74, 6) is 0.522. The number of thiazole rings is 1. The quantitative estimate of drug-likeness (QED) is 0.785. The van der Waals surface area contributed by atoms with Crippen molar-refractivity contribution in [2.75, 3.05) is 12.4 Å². The van der Waals surface area contributed by atoms with Gasteiger partial charge in [-0.25, -0.2) is 4.98 Å². The average Bonchev–Trinajstić information content (AvgIpc) is 2.96. The number of para-hydroxylation sites is 1. The number of anilines is 1. The molecule has 0 aliphatic rings. The van der Waals surface area contributed by atoms with Gasteiger partial charge in [0.05, 0.1) is 28.5 Å². The molecule has 0 atom stereocenters. The number of nitrogens with one attached hydrogen (secondary N) is 1. The summed E-state index contributed by atoms with van der Waals surface area (Å²) in [6.45, 7) is 0. The number of methoxy groups -OCH3 is 1. The van der Waals surface area contributed by atoms with Crippen LogP contribution in [0.25, 0.3) is 10.2 Å². The van der Waals surface area contributed by atoms with Crippen molar-refractivity contribution in [1.29, 1.82) is 0 Å². The molecule has 0 bridgehead atoms. The predicted molar refractivity (Wildman–Crippen MR) is 87.4 cm³/mol. The van der Waals surface area contributed by atoms with Crippen LogP contribution in [0.1, 0.15) is 11.4 Å². The first-order valence-corrected chi connectivity index (χ1v) is 7.70. The summed E-state index contributed by atoms with van der Waals surface area (Å²) in [5, 5.41) is 3.78. The van der Waals surface area contributed by atoms with E-state index in [1.807, 2.05) is 24.3 Å². The largest absolute Gasteiger partial charge is 0.494 e. The third kappa shape index (κ3) is 3.23. The lowest BCUT2D eigenvalue weighted by atomic mass is 10.3. The molecule has 0 fully saturated rings. The van der Waals surface area contributed by atoms with E-state index in [4.69, 9.17) is 4.74 Å². The highest BCUT2D eigenvalue weighted by Crippen LogP contribution is 2.24. The second-order valence-corrected chi connectivity index (χ2v) is 5.81. The first kappa shape index (κ1) is 14.5. The summed E-state index contributed by atoms with van der Waals surface area (Å²) < 4.78 is 6.33. The molecule has 22 heavy (non-hydrogen) atoms. The minimum absolute atomic E-state index is 0.0782. The zero-order chi connectivity index (χ0) is 15.4. The van der Waals surface area contributed by atoms with Crippen molar-refractivity contribution in [3.63, 3.8) is 0 Å². The van der Waals surface area contributed by atoms with Crippen molar-refractivity contribution in [2.45, 2.75) is 12.8 Å². The van der Waals surface area contributed by atoms with Crippen molar-refractivity contribution >= 4 is 33.1 Å². The Bertz CT molecular complexity index is 768. The highest BCUT2D eigenvalue weighted by Gasteiger charge is 2.09. The van der Waals surface area contributed by atoms with E-state index in [1.165, 1.54) is 0 Å². The molecule has 1 aromatic carbocycles. The van der Waals surface area contributed by atoms with Crippen molar-refractivity contribution < 1.29 is 9.53 Å². The van der Waals surface area contributed by atoms with Crippen LogP contribution in [0.5, 0.6) is 5.75 Å². The van der Waals surface area contributed by atoms with Crippen LogP contribution >= 0.6 is 11.3 Å². The molecule has 0 saturated carbocycles. The van der Waals surface area contributed by atoms with Gasteiger partial charge in [-0.3, -0.25) is 9.78 Å². The van der Waals surface area contributed by atoms with E-state index in [2.05, 4.69) is 15.3 Å². The number of fused-ring (bicyclic) bond motifs is 1. The zero-order valence-corrected chi connectivity index (χ0v) is 12.9. The van der Waals surface area contributed by atoms with E-state index >= 15 is 0 Å². The number of nitrogens with zero attached hydrogens (tertiary/aromatic N) is 2. The SMILES string of the molecule is COc1ccncc1NC(=O)CCc1nc2ccccc2s1. The maximum atomic E-state index is 12.1. The lowest BCUT2D eigenvalue weighted by molar-refractivity contribution is -0.116. The zero-order valence-electron chi connectivity index (χ0n) is 12.1. The summed E-state index contributed by atoms with van der Waals surface area (Å²) in [6.07, 6.45) is 4.19. The van der Waals surface area contributed by atoms with E-state index in [-0.39, 0.29) is 5.91 Å². The van der Waals surface area contributed by atoms with Gasteiger partial charge >= 0.3 is 0 Å². The number of aromatic nitrogens is 2. The highest BCUT2D eigenvalue weighted by molar-refractivity contribution is 7.18. The molecule has 0 saturated heterocycles. The number of benzene rings is 1. The fraction of sp³-hybridized carbons (Fsp3) is 0.188. The summed E-state index contributed by atoms with van der Waals surface area (Å²) in [4.78, 5) is 20.6. The molecule has 1 amide bonds. The van der Waals surface area contributed by atoms with Gasteiger partial charge in [0.25, 0.3) is 0 Å². The first-order valence-electron chi connectivity index (χ1n) is 6.88. The molecular weight excluding hydrogens is 298 g/mol. The van der Waals surface area contributed by atoms with E-state index < -0.39 is 0 Å². The van der Waals surface area contributed by atoms with Crippen LogP contribution in [0.2, 0.25) is 0 Å². The molecule has 1 N–H and O–H groups in total. The van der Waals surface area contributed by atoms with Gasteiger partial charge in [0.2, 0.25) is 5.91 Å². The molecule has 2 aromatic heterocycles. The van der Waals surface area contributed by atoms with E-state index in [0.29, 0.717) is 24.3 Å². The van der Waals surface area contributed by atoms with E-state index in [1.54, 1.807) is 36.9 Å². The van der Waals surface area contributed by atoms with Crippen molar-refractivity contribution in [3.05, 3.63) is 47.7 Å². The van der Waals surface area contributed by atoms with Gasteiger partial charge in [-0.15, -0.1) is 11.3 Å². The molecule has 3 rings (SSSR count). The second-order valence-electron chi connectivity index (χ2n) is 4.70. The van der Waals surface area contributed by atoms with Gasteiger partial charge in [-0.1, -0.05) is 12.1 Å². The van der Waals surface area contributed by atoms with Gasteiger partial charge < -0.3 is 10.1 Å². The van der Waals surface area contributed by atoms with Crippen LogP contribution < -0.4 is 10.1 Å². The van der Waals surface area contributed by atoms with Gasteiger partial charge in [0.15, 0.2) is 0 Å². The van der Waals surface area contributed by atoms with Crippen LogP contribution in [0.4, 0.5) is 5.69 Å². The van der Waals surface area contributed by atoms with Crippen molar-refractivity contribution in [3.8, 4) is 5.75 Å². The fourth-order valence-corrected chi connectivity index (χ4v) is 3.08. The van der Waals surface area contributed by atoms with Crippen LogP contribution in [0.3, 0.4) is 0 Å². The average molecular weight is 313 g/mol. The minimum atomic E-state index is -0.0782. The fourth-order valence-electron chi connectivity index (χ4n) is 2.11. The van der Waals surface area contributed by atoms with Crippen molar-refractivity contribution in [1.82, 2.24) is 9.97 Å². The first-order chi connectivity index (χ1) is 10.8. The molecule has 0 aliphatic carbocycles. The minimum Gasteiger partial charge on any atom is -0.494 e. The summed E-state index contributed by atoms with van der Waals surface area (Å²) in [5.41, 5.74) is 1.57. The third-order valence-corrected chi connectivity index (χ3v) is 4.28. The predicted octanol–water partition coefficient (Wildman–Crippen LogP) is 3.27. The van der Waals surface area contributed by atoms with Gasteiger partial charge in [-0.05, 0) is 12.1 Å². The Morgan fingerprint density at radius 3 is 3.00 bits per heavy atom. The molecule has 0 radical (unpaired) electrons. The number of carbonyl (C=O) groups is 1. The normalized spacial score (nSPS) is 10.6. The van der Waals surface area contributed by atoms with Crippen LogP contribution in [-0.4, -0.2) is 23.0 Å². The monoisotopic (exact) mass is 313 g/mol. The number of pyridine rings is 1. The Balaban J connectivity index is 1.62. The Morgan fingerprint density at radius 2 is 2.18 bits per heavy atom. The molecule has 2 heterocycles. The lowest BCUT2D eigenvalue weighted by Crippen LogP contribution is -2.13. The maximum absolute atomic E-state index is 12.1. The molecule has 0 aliphatic heterocycles. The second kappa shape index (κ2) is 6.53. The number of hydrogen-bond acceptors (Lipinski definition) is 5. The van der Waals surface area contributed by atoms with Crippen LogP contribution in [-0.2, 0) is 11.2 Å². The van der Waals surface area contributed by atoms with Crippen molar-refractivity contribution in [2.24, 2.45) is 0 Å². The summed E-state index contributed by atoms with van der Waals surface area (Å²) >= 11 is 1.63. The molecular formula is C16H15N3O2S. The number of aryl methyl sites for hydroxylation is 1. The third-order valence-electron chi connectivity index (χ3n) is 3.18. The smallest absolute Gasteiger partial charge is 0.224 e. The topological polar surface area (TPSA) is 64.1 Å². The molecule has 6 heteroatoms. The maximum Gasteiger partial charge on any atom is 0.224 e. The molecule has 5 nitrogen and oxygen atoms in total. The number of ether oxygens (including phenoxy) is 1. The van der Waals surface area contributed by atoms with Gasteiger partial charge in [0, 0.05) is 25.1 Å². The number of rotatable bonds is 5.